The molecule has 3 rings (SSSR count). The van der Waals surface area contributed by atoms with Gasteiger partial charge >= 0.3 is 0 Å². The molecular weight excluding hydrogens is 347 g/mol. The molecule has 0 saturated heterocycles. The lowest BCUT2D eigenvalue weighted by Crippen LogP contribution is -2.53. The fourth-order valence-electron chi connectivity index (χ4n) is 3.91. The van der Waals surface area contributed by atoms with E-state index in [4.69, 9.17) is 15.2 Å². The number of ether oxygens (including phenoxy) is 2. The van der Waals surface area contributed by atoms with E-state index < -0.39 is 0 Å². The zero-order valence-corrected chi connectivity index (χ0v) is 16.0. The molecular formula is C21H29FN2O3. The monoisotopic (exact) mass is 376 g/mol. The molecule has 2 aliphatic rings. The molecule has 2 saturated carbocycles. The molecule has 2 fully saturated rings. The lowest BCUT2D eigenvalue weighted by atomic mass is 9.59. The average molecular weight is 376 g/mol. The van der Waals surface area contributed by atoms with Crippen molar-refractivity contribution in [3.63, 3.8) is 0 Å². The largest absolute Gasteiger partial charge is 0.489 e. The molecule has 6 heteroatoms. The number of rotatable bonds is 8. The standard InChI is InChI=1S/C21H29FN2O3/c1-21(9-15(10-21)20(25)24-17-7-19(8-17)26-2)16-3-5-18(6-4-16)27-13-14(11-22)12-23/h3-6,11,15,17,19H,7-10,12-13,23H2,1-2H3,(H,24,25)/b14-11+/t15?,17-,19+,21?. The molecule has 27 heavy (non-hydrogen) atoms. The summed E-state index contributed by atoms with van der Waals surface area (Å²) in [6.45, 7) is 2.48. The van der Waals surface area contributed by atoms with E-state index in [2.05, 4.69) is 12.2 Å². The summed E-state index contributed by atoms with van der Waals surface area (Å²) < 4.78 is 23.3. The molecule has 0 radical (unpaired) electrons. The minimum absolute atomic E-state index is 0.0104. The Morgan fingerprint density at radius 2 is 2.00 bits per heavy atom. The van der Waals surface area contributed by atoms with Gasteiger partial charge in [-0.3, -0.25) is 4.79 Å². The summed E-state index contributed by atoms with van der Waals surface area (Å²) >= 11 is 0. The predicted molar refractivity (Wildman–Crippen MR) is 102 cm³/mol. The SMILES string of the molecule is CO[C@H]1C[C@@H](NC(=O)C2CC(C)(c3ccc(OC/C(=C/F)CN)cc3)C2)C1. The summed E-state index contributed by atoms with van der Waals surface area (Å²) in [7, 11) is 1.71. The highest BCUT2D eigenvalue weighted by Crippen LogP contribution is 2.48. The van der Waals surface area contributed by atoms with Crippen LogP contribution in [0.25, 0.3) is 0 Å². The molecule has 3 N–H and O–H groups in total. The number of carbonyl (C=O) groups is 1. The number of carbonyl (C=O) groups excluding carboxylic acids is 1. The van der Waals surface area contributed by atoms with E-state index in [0.29, 0.717) is 23.8 Å². The molecule has 0 aromatic heterocycles. The van der Waals surface area contributed by atoms with Crippen molar-refractivity contribution in [2.45, 2.75) is 50.2 Å². The van der Waals surface area contributed by atoms with Crippen LogP contribution in [0.3, 0.4) is 0 Å². The lowest BCUT2D eigenvalue weighted by molar-refractivity contribution is -0.132. The van der Waals surface area contributed by atoms with Crippen molar-refractivity contribution in [1.29, 1.82) is 0 Å². The van der Waals surface area contributed by atoms with Crippen LogP contribution in [-0.4, -0.2) is 38.3 Å². The van der Waals surface area contributed by atoms with Gasteiger partial charge in [0.1, 0.15) is 12.4 Å². The summed E-state index contributed by atoms with van der Waals surface area (Å²) in [5.74, 6) is 0.926. The fraction of sp³-hybridized carbons (Fsp3) is 0.571. The number of benzene rings is 1. The van der Waals surface area contributed by atoms with Gasteiger partial charge in [0.2, 0.25) is 5.91 Å². The molecule has 2 aliphatic carbocycles. The summed E-state index contributed by atoms with van der Waals surface area (Å²) in [5.41, 5.74) is 7.05. The van der Waals surface area contributed by atoms with Gasteiger partial charge in [-0.2, -0.15) is 0 Å². The first-order valence-corrected chi connectivity index (χ1v) is 9.52. The zero-order chi connectivity index (χ0) is 19.4. The van der Waals surface area contributed by atoms with Gasteiger partial charge in [-0.25, -0.2) is 4.39 Å². The second kappa shape index (κ2) is 8.40. The minimum atomic E-state index is 0.0104. The molecule has 0 bridgehead atoms. The Balaban J connectivity index is 1.47. The van der Waals surface area contributed by atoms with Gasteiger partial charge < -0.3 is 20.5 Å². The van der Waals surface area contributed by atoms with Crippen LogP contribution in [0.5, 0.6) is 5.75 Å². The Bertz CT molecular complexity index is 677. The lowest BCUT2D eigenvalue weighted by Gasteiger charge is -2.46. The molecule has 1 aromatic carbocycles. The molecule has 0 spiro atoms. The average Bonchev–Trinajstić information content (AvgIpc) is 2.62. The highest BCUT2D eigenvalue weighted by atomic mass is 19.1. The van der Waals surface area contributed by atoms with Crippen LogP contribution in [0, 0.1) is 5.92 Å². The second-order valence-corrected chi connectivity index (χ2v) is 7.98. The Labute approximate surface area is 160 Å². The van der Waals surface area contributed by atoms with Crippen LogP contribution < -0.4 is 15.8 Å². The number of hydrogen-bond acceptors (Lipinski definition) is 4. The zero-order valence-electron chi connectivity index (χ0n) is 16.0. The number of hydrogen-bond donors (Lipinski definition) is 2. The van der Waals surface area contributed by atoms with Gasteiger partial charge in [-0.05, 0) is 48.8 Å². The molecule has 5 nitrogen and oxygen atoms in total. The van der Waals surface area contributed by atoms with E-state index in [1.807, 2.05) is 24.3 Å². The topological polar surface area (TPSA) is 73.6 Å². The van der Waals surface area contributed by atoms with Crippen LogP contribution >= 0.6 is 0 Å². The van der Waals surface area contributed by atoms with Gasteiger partial charge in [0.05, 0.1) is 12.4 Å². The summed E-state index contributed by atoms with van der Waals surface area (Å²) in [6.07, 6.45) is 4.31. The van der Waals surface area contributed by atoms with Crippen molar-refractivity contribution in [3.05, 3.63) is 41.7 Å². The maximum atomic E-state index is 12.5. The molecule has 148 valence electrons. The van der Waals surface area contributed by atoms with Gasteiger partial charge in [0, 0.05) is 31.2 Å². The summed E-state index contributed by atoms with van der Waals surface area (Å²) in [4.78, 5) is 12.4. The van der Waals surface area contributed by atoms with Gasteiger partial charge in [0.15, 0.2) is 0 Å². The van der Waals surface area contributed by atoms with E-state index in [1.165, 1.54) is 5.56 Å². The van der Waals surface area contributed by atoms with Gasteiger partial charge in [-0.1, -0.05) is 19.1 Å². The van der Waals surface area contributed by atoms with Crippen molar-refractivity contribution >= 4 is 5.91 Å². The normalized spacial score (nSPS) is 30.2. The summed E-state index contributed by atoms with van der Waals surface area (Å²) in [6, 6.07) is 8.10. The van der Waals surface area contributed by atoms with Gasteiger partial charge in [0.25, 0.3) is 0 Å². The maximum absolute atomic E-state index is 12.5. The third-order valence-electron chi connectivity index (χ3n) is 5.93. The van der Waals surface area contributed by atoms with E-state index in [9.17, 15) is 9.18 Å². The van der Waals surface area contributed by atoms with Crippen molar-refractivity contribution < 1.29 is 18.7 Å². The summed E-state index contributed by atoms with van der Waals surface area (Å²) in [5, 5.41) is 3.13. The van der Waals surface area contributed by atoms with E-state index in [-0.39, 0.29) is 36.4 Å². The molecule has 0 atom stereocenters. The maximum Gasteiger partial charge on any atom is 0.223 e. The molecule has 0 unspecified atom stereocenters. The highest BCUT2D eigenvalue weighted by Gasteiger charge is 2.45. The molecule has 0 heterocycles. The molecule has 1 aromatic rings. The van der Waals surface area contributed by atoms with Crippen LogP contribution in [0.4, 0.5) is 4.39 Å². The van der Waals surface area contributed by atoms with Crippen LogP contribution in [0.15, 0.2) is 36.2 Å². The quantitative estimate of drug-likeness (QED) is 0.732. The van der Waals surface area contributed by atoms with E-state index in [0.717, 1.165) is 25.7 Å². The Hall–Kier alpha value is -1.92. The highest BCUT2D eigenvalue weighted by molar-refractivity contribution is 5.80. The van der Waals surface area contributed by atoms with Crippen molar-refractivity contribution in [3.8, 4) is 5.75 Å². The smallest absolute Gasteiger partial charge is 0.223 e. The first-order chi connectivity index (χ1) is 13.0. The van der Waals surface area contributed by atoms with Crippen molar-refractivity contribution in [1.82, 2.24) is 5.32 Å². The Kier molecular flexibility index (Phi) is 6.17. The molecule has 1 amide bonds. The first-order valence-electron chi connectivity index (χ1n) is 9.52. The Morgan fingerprint density at radius 3 is 2.56 bits per heavy atom. The third-order valence-corrected chi connectivity index (χ3v) is 5.93. The number of halogens is 1. The second-order valence-electron chi connectivity index (χ2n) is 7.98. The third kappa shape index (κ3) is 4.50. The van der Waals surface area contributed by atoms with Crippen LogP contribution in [0.1, 0.15) is 38.2 Å². The first kappa shape index (κ1) is 19.8. The predicted octanol–water partition coefficient (Wildman–Crippen LogP) is 2.84. The fourth-order valence-corrected chi connectivity index (χ4v) is 3.91. The Morgan fingerprint density at radius 1 is 1.33 bits per heavy atom. The van der Waals surface area contributed by atoms with Crippen LogP contribution in [-0.2, 0) is 14.9 Å². The number of nitrogens with two attached hydrogens (primary N) is 1. The van der Waals surface area contributed by atoms with Crippen molar-refractivity contribution in [2.75, 3.05) is 20.3 Å². The number of nitrogens with one attached hydrogen (secondary N) is 1. The van der Waals surface area contributed by atoms with E-state index in [1.54, 1.807) is 7.11 Å². The number of amides is 1. The van der Waals surface area contributed by atoms with Gasteiger partial charge in [-0.15, -0.1) is 0 Å². The minimum Gasteiger partial charge on any atom is -0.489 e. The van der Waals surface area contributed by atoms with E-state index >= 15 is 0 Å². The van der Waals surface area contributed by atoms with Crippen molar-refractivity contribution in [2.24, 2.45) is 11.7 Å². The van der Waals surface area contributed by atoms with Crippen LogP contribution in [0.2, 0.25) is 0 Å². The molecule has 0 aliphatic heterocycles. The number of methoxy groups -OCH3 is 1.